The number of hydrogen-bond donors (Lipinski definition) is 0. The summed E-state index contributed by atoms with van der Waals surface area (Å²) in [6.45, 7) is 0. The van der Waals surface area contributed by atoms with Crippen LogP contribution in [-0.2, 0) is 0 Å². The van der Waals surface area contributed by atoms with Crippen molar-refractivity contribution in [2.24, 2.45) is 0 Å². The van der Waals surface area contributed by atoms with Crippen LogP contribution in [0.15, 0.2) is 59.6 Å². The Bertz CT molecular complexity index is 1080. The van der Waals surface area contributed by atoms with Gasteiger partial charge in [0.1, 0.15) is 11.4 Å². The molecule has 0 unspecified atom stereocenters. The van der Waals surface area contributed by atoms with Gasteiger partial charge >= 0.3 is 5.69 Å². The van der Waals surface area contributed by atoms with E-state index in [1.165, 1.54) is 36.1 Å². The standard InChI is InChI=1S/C21H20N4O4S/c26-24(27)16-11-12-18(19(13-16)25(28)29)23-14-20(30-17-9-5-2-6-10-17)21(22-23)15-7-3-1-4-8-15/h1,3-4,7-8,11-14,17H,2,5-6,9-10H2. The van der Waals surface area contributed by atoms with Crippen molar-refractivity contribution >= 4 is 23.1 Å². The van der Waals surface area contributed by atoms with E-state index < -0.39 is 9.85 Å². The topological polar surface area (TPSA) is 104 Å². The third-order valence-electron chi connectivity index (χ3n) is 5.19. The lowest BCUT2D eigenvalue weighted by Gasteiger charge is -2.20. The van der Waals surface area contributed by atoms with Crippen molar-refractivity contribution in [2.75, 3.05) is 0 Å². The number of nitro benzene ring substituents is 2. The Morgan fingerprint density at radius 1 is 0.967 bits per heavy atom. The maximum atomic E-state index is 11.6. The highest BCUT2D eigenvalue weighted by atomic mass is 32.2. The Morgan fingerprint density at radius 3 is 2.37 bits per heavy atom. The monoisotopic (exact) mass is 424 g/mol. The van der Waals surface area contributed by atoms with Gasteiger partial charge in [-0.3, -0.25) is 20.2 Å². The van der Waals surface area contributed by atoms with Crippen LogP contribution in [-0.4, -0.2) is 24.9 Å². The fourth-order valence-corrected chi connectivity index (χ4v) is 5.05. The summed E-state index contributed by atoms with van der Waals surface area (Å²) < 4.78 is 1.47. The van der Waals surface area contributed by atoms with E-state index in [1.807, 2.05) is 30.3 Å². The minimum Gasteiger partial charge on any atom is -0.258 e. The predicted octanol–water partition coefficient (Wildman–Crippen LogP) is 5.78. The molecule has 0 spiro atoms. The first-order valence-electron chi connectivity index (χ1n) is 9.78. The first kappa shape index (κ1) is 20.1. The van der Waals surface area contributed by atoms with Crippen molar-refractivity contribution < 1.29 is 9.85 Å². The Hall–Kier alpha value is -3.20. The molecule has 1 heterocycles. The number of rotatable bonds is 6. The molecule has 4 rings (SSSR count). The maximum absolute atomic E-state index is 11.6. The number of thioether (sulfide) groups is 1. The highest BCUT2D eigenvalue weighted by Crippen LogP contribution is 2.39. The Kier molecular flexibility index (Phi) is 5.80. The van der Waals surface area contributed by atoms with Gasteiger partial charge < -0.3 is 0 Å². The molecule has 0 aliphatic heterocycles. The molecule has 1 fully saturated rings. The first-order chi connectivity index (χ1) is 14.5. The summed E-state index contributed by atoms with van der Waals surface area (Å²) in [7, 11) is 0. The van der Waals surface area contributed by atoms with Gasteiger partial charge in [0.15, 0.2) is 0 Å². The maximum Gasteiger partial charge on any atom is 0.301 e. The van der Waals surface area contributed by atoms with E-state index >= 15 is 0 Å². The molecule has 1 aromatic heterocycles. The van der Waals surface area contributed by atoms with Crippen molar-refractivity contribution in [1.82, 2.24) is 9.78 Å². The van der Waals surface area contributed by atoms with Crippen LogP contribution in [0.2, 0.25) is 0 Å². The zero-order valence-electron chi connectivity index (χ0n) is 16.1. The van der Waals surface area contributed by atoms with E-state index in [0.717, 1.165) is 35.1 Å². The fraction of sp³-hybridized carbons (Fsp3) is 0.286. The summed E-state index contributed by atoms with van der Waals surface area (Å²) in [4.78, 5) is 22.3. The minimum absolute atomic E-state index is 0.207. The molecule has 1 saturated carbocycles. The van der Waals surface area contributed by atoms with Crippen LogP contribution in [0.1, 0.15) is 32.1 Å². The molecule has 0 amide bonds. The molecule has 8 nitrogen and oxygen atoms in total. The molecule has 0 atom stereocenters. The van der Waals surface area contributed by atoms with E-state index in [4.69, 9.17) is 0 Å². The average molecular weight is 424 g/mol. The van der Waals surface area contributed by atoms with Gasteiger partial charge in [-0.05, 0) is 18.9 Å². The second-order valence-electron chi connectivity index (χ2n) is 7.22. The van der Waals surface area contributed by atoms with Crippen molar-refractivity contribution in [3.05, 3.63) is 75.0 Å². The van der Waals surface area contributed by atoms with Gasteiger partial charge in [-0.1, -0.05) is 49.6 Å². The van der Waals surface area contributed by atoms with Crippen LogP contribution in [0, 0.1) is 20.2 Å². The lowest BCUT2D eigenvalue weighted by atomic mass is 10.0. The van der Waals surface area contributed by atoms with E-state index in [0.29, 0.717) is 5.25 Å². The molecule has 1 aliphatic carbocycles. The Balaban J connectivity index is 1.79. The molecule has 30 heavy (non-hydrogen) atoms. The van der Waals surface area contributed by atoms with Crippen molar-refractivity contribution in [1.29, 1.82) is 0 Å². The molecule has 9 heteroatoms. The summed E-state index contributed by atoms with van der Waals surface area (Å²) in [6, 6.07) is 13.3. The molecule has 1 aliphatic rings. The van der Waals surface area contributed by atoms with Crippen LogP contribution in [0.5, 0.6) is 0 Å². The predicted molar refractivity (Wildman–Crippen MR) is 115 cm³/mol. The molecular formula is C21H20N4O4S. The minimum atomic E-state index is -0.639. The number of benzene rings is 2. The van der Waals surface area contributed by atoms with E-state index in [-0.39, 0.29) is 17.1 Å². The van der Waals surface area contributed by atoms with Gasteiger partial charge in [-0.25, -0.2) is 4.68 Å². The molecule has 0 radical (unpaired) electrons. The summed E-state index contributed by atoms with van der Waals surface area (Å²) >= 11 is 1.76. The van der Waals surface area contributed by atoms with Crippen LogP contribution in [0.4, 0.5) is 11.4 Å². The highest BCUT2D eigenvalue weighted by Gasteiger charge is 2.24. The van der Waals surface area contributed by atoms with Gasteiger partial charge in [0.25, 0.3) is 5.69 Å². The molecular weight excluding hydrogens is 404 g/mol. The largest absolute Gasteiger partial charge is 0.301 e. The molecule has 0 saturated heterocycles. The van der Waals surface area contributed by atoms with Crippen LogP contribution >= 0.6 is 11.8 Å². The number of aromatic nitrogens is 2. The van der Waals surface area contributed by atoms with Gasteiger partial charge in [0, 0.05) is 23.1 Å². The van der Waals surface area contributed by atoms with Crippen molar-refractivity contribution in [2.45, 2.75) is 42.2 Å². The normalized spacial score (nSPS) is 14.5. The highest BCUT2D eigenvalue weighted by molar-refractivity contribution is 8.00. The summed E-state index contributed by atoms with van der Waals surface area (Å²) in [5.74, 6) is 0. The lowest BCUT2D eigenvalue weighted by Crippen LogP contribution is -2.07. The Labute approximate surface area is 177 Å². The van der Waals surface area contributed by atoms with Gasteiger partial charge in [0.2, 0.25) is 0 Å². The number of nitro groups is 2. The summed E-state index contributed by atoms with van der Waals surface area (Å²) in [5, 5.41) is 27.8. The zero-order valence-corrected chi connectivity index (χ0v) is 17.0. The zero-order chi connectivity index (χ0) is 21.1. The van der Waals surface area contributed by atoms with Gasteiger partial charge in [0.05, 0.1) is 20.8 Å². The van der Waals surface area contributed by atoms with Gasteiger partial charge in [-0.2, -0.15) is 5.10 Å². The SMILES string of the molecule is O=[N+]([O-])c1ccc(-n2cc(SC3CCCCC3)c(-c3ccccc3)n2)c([N+](=O)[O-])c1. The molecule has 0 N–H and O–H groups in total. The second-order valence-corrected chi connectivity index (χ2v) is 8.56. The van der Waals surface area contributed by atoms with Gasteiger partial charge in [-0.15, -0.1) is 11.8 Å². The smallest absolute Gasteiger partial charge is 0.258 e. The second kappa shape index (κ2) is 8.66. The third kappa shape index (κ3) is 4.20. The molecule has 0 bridgehead atoms. The first-order valence-corrected chi connectivity index (χ1v) is 10.7. The van der Waals surface area contributed by atoms with E-state index in [1.54, 1.807) is 18.0 Å². The molecule has 154 valence electrons. The lowest BCUT2D eigenvalue weighted by molar-refractivity contribution is -0.394. The van der Waals surface area contributed by atoms with Crippen molar-refractivity contribution in [3.63, 3.8) is 0 Å². The van der Waals surface area contributed by atoms with Crippen LogP contribution in [0.25, 0.3) is 16.9 Å². The van der Waals surface area contributed by atoms with E-state index in [2.05, 4.69) is 5.10 Å². The average Bonchev–Trinajstić information content (AvgIpc) is 3.18. The van der Waals surface area contributed by atoms with E-state index in [9.17, 15) is 20.2 Å². The third-order valence-corrected chi connectivity index (χ3v) is 6.54. The Morgan fingerprint density at radius 2 is 1.70 bits per heavy atom. The summed E-state index contributed by atoms with van der Waals surface area (Å²) in [6.07, 6.45) is 7.76. The number of hydrogen-bond acceptors (Lipinski definition) is 6. The fourth-order valence-electron chi connectivity index (χ4n) is 3.69. The van der Waals surface area contributed by atoms with Crippen molar-refractivity contribution in [3.8, 4) is 16.9 Å². The number of nitrogens with zero attached hydrogens (tertiary/aromatic N) is 4. The number of non-ortho nitro benzene ring substituents is 1. The molecule has 3 aromatic rings. The summed E-state index contributed by atoms with van der Waals surface area (Å²) in [5.41, 5.74) is 1.23. The van der Waals surface area contributed by atoms with Crippen LogP contribution < -0.4 is 0 Å². The quantitative estimate of drug-likeness (QED) is 0.367. The van der Waals surface area contributed by atoms with Crippen LogP contribution in [0.3, 0.4) is 0 Å². The molecule has 2 aromatic carbocycles.